The van der Waals surface area contributed by atoms with Gasteiger partial charge >= 0.3 is 11.9 Å². The van der Waals surface area contributed by atoms with E-state index in [1.54, 1.807) is 13.8 Å². The summed E-state index contributed by atoms with van der Waals surface area (Å²) in [5, 5.41) is 18.7. The number of aliphatic hydroxyl groups excluding tert-OH is 1. The number of aliphatic carboxylic acids is 1. The van der Waals surface area contributed by atoms with Gasteiger partial charge in [0.25, 0.3) is 0 Å². The van der Waals surface area contributed by atoms with E-state index in [0.717, 1.165) is 0 Å². The fraction of sp³-hybridized carbons (Fsp3) is 0.833. The SMILES string of the molecule is COC(=O)CCCC[C@H](O)C(C(=O)O)C(C)C. The zero-order chi connectivity index (χ0) is 13.4. The fourth-order valence-corrected chi connectivity index (χ4v) is 1.80. The molecule has 2 atom stereocenters. The molecule has 5 nitrogen and oxygen atoms in total. The van der Waals surface area contributed by atoms with Gasteiger partial charge in [-0.05, 0) is 18.8 Å². The molecule has 0 aromatic heterocycles. The number of carboxylic acids is 1. The van der Waals surface area contributed by atoms with Crippen molar-refractivity contribution in [2.24, 2.45) is 11.8 Å². The first kappa shape index (κ1) is 15.9. The minimum atomic E-state index is -0.972. The normalized spacial score (nSPS) is 14.4. The third kappa shape index (κ3) is 6.26. The maximum absolute atomic E-state index is 10.9. The zero-order valence-electron chi connectivity index (χ0n) is 10.7. The Morgan fingerprint density at radius 1 is 1.24 bits per heavy atom. The third-order valence-corrected chi connectivity index (χ3v) is 2.78. The minimum absolute atomic E-state index is 0.108. The highest BCUT2D eigenvalue weighted by atomic mass is 16.5. The van der Waals surface area contributed by atoms with Gasteiger partial charge in [0.05, 0.1) is 19.1 Å². The summed E-state index contributed by atoms with van der Waals surface area (Å²) in [4.78, 5) is 21.8. The summed E-state index contributed by atoms with van der Waals surface area (Å²) in [6.45, 7) is 3.55. The Morgan fingerprint density at radius 2 is 1.82 bits per heavy atom. The molecular weight excluding hydrogens is 224 g/mol. The molecule has 0 spiro atoms. The predicted molar refractivity (Wildman–Crippen MR) is 62.5 cm³/mol. The molecule has 0 radical (unpaired) electrons. The van der Waals surface area contributed by atoms with Crippen molar-refractivity contribution in [2.75, 3.05) is 7.11 Å². The van der Waals surface area contributed by atoms with Gasteiger partial charge in [-0.15, -0.1) is 0 Å². The predicted octanol–water partition coefficient (Wildman–Crippen LogP) is 1.44. The molecule has 0 amide bonds. The number of carboxylic acid groups (broad SMARTS) is 1. The van der Waals surface area contributed by atoms with Gasteiger partial charge in [0.1, 0.15) is 0 Å². The second kappa shape index (κ2) is 8.06. The van der Waals surface area contributed by atoms with Crippen LogP contribution in [0.5, 0.6) is 0 Å². The molecule has 0 saturated heterocycles. The Morgan fingerprint density at radius 3 is 2.24 bits per heavy atom. The Labute approximate surface area is 102 Å². The summed E-state index contributed by atoms with van der Waals surface area (Å²) >= 11 is 0. The number of carbonyl (C=O) groups is 2. The van der Waals surface area contributed by atoms with Crippen molar-refractivity contribution in [3.05, 3.63) is 0 Å². The number of ether oxygens (including phenoxy) is 1. The average molecular weight is 246 g/mol. The molecule has 0 aromatic carbocycles. The van der Waals surface area contributed by atoms with E-state index in [-0.39, 0.29) is 11.9 Å². The highest BCUT2D eigenvalue weighted by molar-refractivity contribution is 5.71. The van der Waals surface area contributed by atoms with E-state index in [4.69, 9.17) is 5.11 Å². The van der Waals surface area contributed by atoms with Gasteiger partial charge < -0.3 is 14.9 Å². The van der Waals surface area contributed by atoms with E-state index in [1.165, 1.54) is 7.11 Å². The highest BCUT2D eigenvalue weighted by Crippen LogP contribution is 2.20. The summed E-state index contributed by atoms with van der Waals surface area (Å²) in [6.07, 6.45) is 1.07. The van der Waals surface area contributed by atoms with Crippen LogP contribution < -0.4 is 0 Å². The minimum Gasteiger partial charge on any atom is -0.481 e. The average Bonchev–Trinajstić information content (AvgIpc) is 2.22. The van der Waals surface area contributed by atoms with Crippen LogP contribution in [0.2, 0.25) is 0 Å². The molecule has 0 aliphatic heterocycles. The summed E-state index contributed by atoms with van der Waals surface area (Å²) in [7, 11) is 1.33. The molecular formula is C12H22O5. The van der Waals surface area contributed by atoms with Gasteiger partial charge in [0.15, 0.2) is 0 Å². The standard InChI is InChI=1S/C12H22O5/c1-8(2)11(12(15)16)9(13)6-4-5-7-10(14)17-3/h8-9,11,13H,4-7H2,1-3H3,(H,15,16)/t9-,11?/m0/s1. The first-order valence-corrected chi connectivity index (χ1v) is 5.87. The number of hydrogen-bond acceptors (Lipinski definition) is 4. The molecule has 17 heavy (non-hydrogen) atoms. The second-order valence-electron chi connectivity index (χ2n) is 4.50. The largest absolute Gasteiger partial charge is 0.481 e. The number of esters is 1. The lowest BCUT2D eigenvalue weighted by atomic mass is 9.88. The van der Waals surface area contributed by atoms with Crippen molar-refractivity contribution in [1.29, 1.82) is 0 Å². The maximum Gasteiger partial charge on any atom is 0.309 e. The first-order chi connectivity index (χ1) is 7.90. The van der Waals surface area contributed by atoms with Crippen LogP contribution in [0.25, 0.3) is 0 Å². The van der Waals surface area contributed by atoms with E-state index < -0.39 is 18.0 Å². The monoisotopic (exact) mass is 246 g/mol. The van der Waals surface area contributed by atoms with Crippen molar-refractivity contribution in [1.82, 2.24) is 0 Å². The van der Waals surface area contributed by atoms with E-state index in [2.05, 4.69) is 4.74 Å². The van der Waals surface area contributed by atoms with Crippen LogP contribution in [0, 0.1) is 11.8 Å². The van der Waals surface area contributed by atoms with Crippen LogP contribution in [0.1, 0.15) is 39.5 Å². The maximum atomic E-state index is 10.9. The van der Waals surface area contributed by atoms with Crippen molar-refractivity contribution in [3.8, 4) is 0 Å². The first-order valence-electron chi connectivity index (χ1n) is 5.87. The number of hydrogen-bond donors (Lipinski definition) is 2. The molecule has 2 N–H and O–H groups in total. The zero-order valence-corrected chi connectivity index (χ0v) is 10.7. The van der Waals surface area contributed by atoms with Crippen LogP contribution in [0.3, 0.4) is 0 Å². The topological polar surface area (TPSA) is 83.8 Å². The van der Waals surface area contributed by atoms with Crippen LogP contribution in [0.15, 0.2) is 0 Å². The summed E-state index contributed by atoms with van der Waals surface area (Å²) < 4.78 is 4.49. The van der Waals surface area contributed by atoms with Gasteiger partial charge in [0.2, 0.25) is 0 Å². The van der Waals surface area contributed by atoms with Crippen LogP contribution in [-0.2, 0) is 14.3 Å². The number of aliphatic hydroxyl groups is 1. The molecule has 100 valence electrons. The smallest absolute Gasteiger partial charge is 0.309 e. The van der Waals surface area contributed by atoms with Crippen molar-refractivity contribution in [2.45, 2.75) is 45.6 Å². The van der Waals surface area contributed by atoms with E-state index in [0.29, 0.717) is 25.7 Å². The second-order valence-corrected chi connectivity index (χ2v) is 4.50. The highest BCUT2D eigenvalue weighted by Gasteiger charge is 2.28. The van der Waals surface area contributed by atoms with Gasteiger partial charge in [0, 0.05) is 6.42 Å². The Bertz CT molecular complexity index is 249. The van der Waals surface area contributed by atoms with Gasteiger partial charge in [-0.3, -0.25) is 9.59 Å². The molecule has 0 heterocycles. The van der Waals surface area contributed by atoms with Gasteiger partial charge in [-0.2, -0.15) is 0 Å². The van der Waals surface area contributed by atoms with Crippen LogP contribution in [0.4, 0.5) is 0 Å². The number of carbonyl (C=O) groups excluding carboxylic acids is 1. The molecule has 1 unspecified atom stereocenters. The van der Waals surface area contributed by atoms with Crippen LogP contribution >= 0.6 is 0 Å². The van der Waals surface area contributed by atoms with E-state index in [1.807, 2.05) is 0 Å². The molecule has 0 bridgehead atoms. The Kier molecular flexibility index (Phi) is 7.54. The lowest BCUT2D eigenvalue weighted by Crippen LogP contribution is -2.32. The lowest BCUT2D eigenvalue weighted by Gasteiger charge is -2.22. The van der Waals surface area contributed by atoms with Crippen molar-refractivity contribution in [3.63, 3.8) is 0 Å². The summed E-state index contributed by atoms with van der Waals surface area (Å²) in [5.74, 6) is -2.10. The number of rotatable bonds is 8. The lowest BCUT2D eigenvalue weighted by molar-refractivity contribution is -0.148. The van der Waals surface area contributed by atoms with Crippen LogP contribution in [-0.4, -0.2) is 35.4 Å². The Hall–Kier alpha value is -1.10. The number of unbranched alkanes of at least 4 members (excludes halogenated alkanes) is 1. The molecule has 0 fully saturated rings. The van der Waals surface area contributed by atoms with Crippen molar-refractivity contribution >= 4 is 11.9 Å². The Balaban J connectivity index is 3.95. The fourth-order valence-electron chi connectivity index (χ4n) is 1.80. The van der Waals surface area contributed by atoms with Gasteiger partial charge in [-0.25, -0.2) is 0 Å². The quantitative estimate of drug-likeness (QED) is 0.500. The van der Waals surface area contributed by atoms with Crippen molar-refractivity contribution < 1.29 is 24.5 Å². The molecule has 0 saturated carbocycles. The molecule has 5 heteroatoms. The summed E-state index contributed by atoms with van der Waals surface area (Å²) in [6, 6.07) is 0. The summed E-state index contributed by atoms with van der Waals surface area (Å²) in [5.41, 5.74) is 0. The molecule has 0 aromatic rings. The third-order valence-electron chi connectivity index (χ3n) is 2.78. The molecule has 0 aliphatic carbocycles. The van der Waals surface area contributed by atoms with E-state index in [9.17, 15) is 14.7 Å². The number of methoxy groups -OCH3 is 1. The van der Waals surface area contributed by atoms with Gasteiger partial charge in [-0.1, -0.05) is 20.3 Å². The van der Waals surface area contributed by atoms with E-state index >= 15 is 0 Å². The molecule has 0 rings (SSSR count). The molecule has 0 aliphatic rings.